The van der Waals surface area contributed by atoms with Crippen molar-refractivity contribution in [2.45, 2.75) is 30.9 Å². The second-order valence-corrected chi connectivity index (χ2v) is 6.10. The van der Waals surface area contributed by atoms with Crippen molar-refractivity contribution in [2.24, 2.45) is 0 Å². The van der Waals surface area contributed by atoms with Gasteiger partial charge in [-0.15, -0.1) is 0 Å². The molecule has 0 amide bonds. The molecule has 0 aliphatic carbocycles. The van der Waals surface area contributed by atoms with Gasteiger partial charge in [0.25, 0.3) is 0 Å². The highest BCUT2D eigenvalue weighted by Gasteiger charge is 2.48. The third-order valence-corrected chi connectivity index (χ3v) is 4.81. The van der Waals surface area contributed by atoms with Crippen LogP contribution in [-0.4, -0.2) is 61.0 Å². The smallest absolute Gasteiger partial charge is 0.324 e. The lowest BCUT2D eigenvalue weighted by Crippen LogP contribution is -2.57. The molecule has 2 heterocycles. The predicted octanol–water partition coefficient (Wildman–Crippen LogP) is 1.78. The summed E-state index contributed by atoms with van der Waals surface area (Å²) in [5.41, 5.74) is -0.801. The molecule has 0 bridgehead atoms. The number of hydrogen-bond donors (Lipinski definition) is 1. The number of methoxy groups -OCH3 is 1. The number of carboxylic acid groups (broad SMARTS) is 1. The van der Waals surface area contributed by atoms with Crippen LogP contribution in [0.3, 0.4) is 0 Å². The lowest BCUT2D eigenvalue weighted by Gasteiger charge is -2.40. The second-order valence-electron chi connectivity index (χ2n) is 6.10. The Hall–Kier alpha value is -1.79. The summed E-state index contributed by atoms with van der Waals surface area (Å²) in [7, 11) is 1.62. The van der Waals surface area contributed by atoms with Crippen LogP contribution < -0.4 is 9.47 Å². The molecule has 6 heteroatoms. The number of nitrogens with zero attached hydrogens (tertiary/aromatic N) is 1. The van der Waals surface area contributed by atoms with Crippen LogP contribution in [0.2, 0.25) is 0 Å². The third-order valence-electron chi connectivity index (χ3n) is 4.81. The highest BCUT2D eigenvalue weighted by molar-refractivity contribution is 5.79. The highest BCUT2D eigenvalue weighted by Crippen LogP contribution is 2.33. The van der Waals surface area contributed by atoms with Crippen LogP contribution in [0.25, 0.3) is 0 Å². The van der Waals surface area contributed by atoms with E-state index in [1.807, 2.05) is 24.3 Å². The first-order valence-electron chi connectivity index (χ1n) is 8.01. The van der Waals surface area contributed by atoms with E-state index in [0.29, 0.717) is 32.6 Å². The first-order valence-corrected chi connectivity index (χ1v) is 8.01. The Labute approximate surface area is 135 Å². The Balaban J connectivity index is 1.66. The van der Waals surface area contributed by atoms with E-state index >= 15 is 0 Å². The van der Waals surface area contributed by atoms with Gasteiger partial charge in [-0.2, -0.15) is 0 Å². The molecule has 23 heavy (non-hydrogen) atoms. The van der Waals surface area contributed by atoms with Crippen LogP contribution in [0.1, 0.15) is 19.3 Å². The van der Waals surface area contributed by atoms with Gasteiger partial charge in [0.2, 0.25) is 0 Å². The molecule has 1 aromatic rings. The van der Waals surface area contributed by atoms with Crippen LogP contribution in [0, 0.1) is 0 Å². The second kappa shape index (κ2) is 6.76. The fourth-order valence-electron chi connectivity index (χ4n) is 3.45. The Kier molecular flexibility index (Phi) is 4.73. The van der Waals surface area contributed by atoms with E-state index in [1.165, 1.54) is 0 Å². The summed E-state index contributed by atoms with van der Waals surface area (Å²) >= 11 is 0. The predicted molar refractivity (Wildman–Crippen MR) is 84.0 cm³/mol. The molecule has 2 aliphatic heterocycles. The minimum Gasteiger partial charge on any atom is -0.497 e. The number of rotatable bonds is 5. The number of aliphatic carboxylic acids is 1. The van der Waals surface area contributed by atoms with Gasteiger partial charge in [0, 0.05) is 32.4 Å². The van der Waals surface area contributed by atoms with Crippen LogP contribution in [-0.2, 0) is 9.53 Å². The van der Waals surface area contributed by atoms with Crippen molar-refractivity contribution >= 4 is 5.97 Å². The number of carboxylic acids is 1. The lowest BCUT2D eigenvalue weighted by atomic mass is 9.88. The zero-order valence-electron chi connectivity index (χ0n) is 13.4. The number of ether oxygens (including phenoxy) is 3. The Morgan fingerprint density at radius 3 is 2.78 bits per heavy atom. The standard InChI is InChI=1S/C17H23NO5/c1-21-13-3-2-4-14(11-13)23-15-5-8-18(12-15)17(16(19)20)6-9-22-10-7-17/h2-4,11,15H,5-10,12H2,1H3,(H,19,20)/t15-/m1/s1. The summed E-state index contributed by atoms with van der Waals surface area (Å²) in [5, 5.41) is 9.74. The number of likely N-dealkylation sites (tertiary alicyclic amines) is 1. The molecule has 0 saturated carbocycles. The normalized spacial score (nSPS) is 24.3. The molecule has 2 aliphatic rings. The molecule has 2 saturated heterocycles. The van der Waals surface area contributed by atoms with Crippen molar-refractivity contribution in [3.05, 3.63) is 24.3 Å². The number of hydrogen-bond acceptors (Lipinski definition) is 5. The molecule has 0 aromatic heterocycles. The summed E-state index contributed by atoms with van der Waals surface area (Å²) in [4.78, 5) is 13.9. The molecule has 1 aromatic carbocycles. The van der Waals surface area contributed by atoms with E-state index in [2.05, 4.69) is 4.90 Å². The molecule has 0 spiro atoms. The highest BCUT2D eigenvalue weighted by atomic mass is 16.5. The van der Waals surface area contributed by atoms with Crippen molar-refractivity contribution in [3.8, 4) is 11.5 Å². The van der Waals surface area contributed by atoms with E-state index in [9.17, 15) is 9.90 Å². The van der Waals surface area contributed by atoms with Crippen molar-refractivity contribution < 1.29 is 24.1 Å². The largest absolute Gasteiger partial charge is 0.497 e. The maximum absolute atomic E-state index is 11.9. The average molecular weight is 321 g/mol. The topological polar surface area (TPSA) is 68.2 Å². The summed E-state index contributed by atoms with van der Waals surface area (Å²) in [5.74, 6) is 0.763. The fourth-order valence-corrected chi connectivity index (χ4v) is 3.45. The summed E-state index contributed by atoms with van der Waals surface area (Å²) < 4.78 is 16.6. The van der Waals surface area contributed by atoms with Crippen molar-refractivity contribution in [1.29, 1.82) is 0 Å². The van der Waals surface area contributed by atoms with Crippen LogP contribution >= 0.6 is 0 Å². The van der Waals surface area contributed by atoms with Gasteiger partial charge in [-0.1, -0.05) is 6.07 Å². The molecular formula is C17H23NO5. The molecule has 3 rings (SSSR count). The molecule has 1 atom stereocenters. The average Bonchev–Trinajstić information content (AvgIpc) is 3.04. The van der Waals surface area contributed by atoms with Gasteiger partial charge in [-0.3, -0.25) is 9.69 Å². The van der Waals surface area contributed by atoms with Crippen LogP contribution in [0.4, 0.5) is 0 Å². The Morgan fingerprint density at radius 2 is 2.09 bits per heavy atom. The number of carbonyl (C=O) groups is 1. The first-order chi connectivity index (χ1) is 11.1. The molecule has 1 N–H and O–H groups in total. The molecule has 0 radical (unpaired) electrons. The summed E-state index contributed by atoms with van der Waals surface area (Å²) in [6.07, 6.45) is 1.90. The molecule has 2 fully saturated rings. The van der Waals surface area contributed by atoms with Crippen molar-refractivity contribution in [3.63, 3.8) is 0 Å². The van der Waals surface area contributed by atoms with Gasteiger partial charge in [0.05, 0.1) is 7.11 Å². The van der Waals surface area contributed by atoms with Gasteiger partial charge < -0.3 is 19.3 Å². The molecule has 126 valence electrons. The van der Waals surface area contributed by atoms with Gasteiger partial charge in [-0.05, 0) is 31.4 Å². The maximum atomic E-state index is 11.9. The monoisotopic (exact) mass is 321 g/mol. The van der Waals surface area contributed by atoms with Crippen LogP contribution in [0.15, 0.2) is 24.3 Å². The Bertz CT molecular complexity index is 556. The minimum absolute atomic E-state index is 0.00109. The fraction of sp³-hybridized carbons (Fsp3) is 0.588. The van der Waals surface area contributed by atoms with E-state index < -0.39 is 11.5 Å². The molecular weight excluding hydrogens is 298 g/mol. The zero-order chi connectivity index (χ0) is 16.3. The molecule has 6 nitrogen and oxygen atoms in total. The van der Waals surface area contributed by atoms with Gasteiger partial charge in [-0.25, -0.2) is 0 Å². The van der Waals surface area contributed by atoms with Crippen molar-refractivity contribution in [2.75, 3.05) is 33.4 Å². The summed E-state index contributed by atoms with van der Waals surface area (Å²) in [6.45, 7) is 2.37. The van der Waals surface area contributed by atoms with Crippen molar-refractivity contribution in [1.82, 2.24) is 4.90 Å². The summed E-state index contributed by atoms with van der Waals surface area (Å²) in [6, 6.07) is 7.50. The SMILES string of the molecule is COc1cccc(O[C@@H]2CCN(C3(C(=O)O)CCOCC3)C2)c1. The minimum atomic E-state index is -0.801. The Morgan fingerprint density at radius 1 is 1.35 bits per heavy atom. The zero-order valence-corrected chi connectivity index (χ0v) is 13.4. The van der Waals surface area contributed by atoms with Gasteiger partial charge in [0.15, 0.2) is 0 Å². The van der Waals surface area contributed by atoms with Gasteiger partial charge in [0.1, 0.15) is 23.1 Å². The van der Waals surface area contributed by atoms with E-state index in [-0.39, 0.29) is 6.10 Å². The first kappa shape index (κ1) is 16.1. The maximum Gasteiger partial charge on any atom is 0.324 e. The van der Waals surface area contributed by atoms with E-state index in [1.54, 1.807) is 7.11 Å². The number of benzene rings is 1. The third kappa shape index (κ3) is 3.28. The molecule has 0 unspecified atom stereocenters. The van der Waals surface area contributed by atoms with Gasteiger partial charge >= 0.3 is 5.97 Å². The lowest BCUT2D eigenvalue weighted by molar-refractivity contribution is -0.158. The van der Waals surface area contributed by atoms with E-state index in [0.717, 1.165) is 24.5 Å². The van der Waals surface area contributed by atoms with Crippen LogP contribution in [0.5, 0.6) is 11.5 Å². The quantitative estimate of drug-likeness (QED) is 0.892. The van der Waals surface area contributed by atoms with E-state index in [4.69, 9.17) is 14.2 Å².